The summed E-state index contributed by atoms with van der Waals surface area (Å²) in [5, 5.41) is 7.51. The van der Waals surface area contributed by atoms with Crippen molar-refractivity contribution in [3.05, 3.63) is 12.7 Å². The van der Waals surface area contributed by atoms with E-state index >= 15 is 0 Å². The van der Waals surface area contributed by atoms with Gasteiger partial charge in [0.1, 0.15) is 0 Å². The summed E-state index contributed by atoms with van der Waals surface area (Å²) >= 11 is 0. The largest absolute Gasteiger partial charge is 0.330 e. The minimum Gasteiger partial charge on any atom is -0.330 e. The topological polar surface area (TPSA) is 49.8 Å². The van der Waals surface area contributed by atoms with Crippen LogP contribution in [0, 0.1) is 11.3 Å². The van der Waals surface area contributed by atoms with E-state index < -0.39 is 0 Å². The minimum absolute atomic E-state index is 0.844. The van der Waals surface area contributed by atoms with Crippen molar-refractivity contribution in [2.75, 3.05) is 6.54 Å². The van der Waals surface area contributed by atoms with E-state index in [-0.39, 0.29) is 0 Å². The van der Waals surface area contributed by atoms with Gasteiger partial charge < -0.3 is 5.73 Å². The molecule has 0 rings (SSSR count). The lowest BCUT2D eigenvalue weighted by Gasteiger charge is -1.80. The third-order valence-electron chi connectivity index (χ3n) is 1.36. The number of hydrogen-bond acceptors (Lipinski definition) is 2. The van der Waals surface area contributed by atoms with E-state index in [0.717, 1.165) is 6.54 Å². The lowest BCUT2D eigenvalue weighted by atomic mass is 10.3. The zero-order valence-corrected chi connectivity index (χ0v) is 11.8. The maximum Gasteiger partial charge on any atom is 0.0905 e. The van der Waals surface area contributed by atoms with E-state index in [1.54, 1.807) is 15.9 Å². The molecule has 0 aromatic heterocycles. The average molecular weight is 234 g/mol. The van der Waals surface area contributed by atoms with E-state index in [9.17, 15) is 0 Å². The third kappa shape index (κ3) is 86.2. The van der Waals surface area contributed by atoms with Gasteiger partial charge in [0.25, 0.3) is 0 Å². The first-order chi connectivity index (χ1) is 7.74. The number of rotatable bonds is 4. The Morgan fingerprint density at radius 3 is 1.60 bits per heavy atom. The molecule has 0 saturated carbocycles. The predicted molar refractivity (Wildman–Crippen MR) is 76.1 cm³/mol. The molecule has 0 heterocycles. The van der Waals surface area contributed by atoms with Crippen LogP contribution >= 0.6 is 9.84 Å². The van der Waals surface area contributed by atoms with Crippen LogP contribution in [0.2, 0.25) is 0 Å². The molecule has 0 amide bonds. The number of hydrogen-bond donors (Lipinski definition) is 1. The first-order valence-electron chi connectivity index (χ1n) is 6.03. The van der Waals surface area contributed by atoms with Gasteiger partial charge in [0.2, 0.25) is 0 Å². The summed E-state index contributed by atoms with van der Waals surface area (Å²) in [6.45, 7) is 10.5. The van der Waals surface area contributed by atoms with E-state index in [1.165, 1.54) is 38.2 Å². The molecule has 0 bridgehead atoms. The lowest BCUT2D eigenvalue weighted by molar-refractivity contribution is 0.772. The maximum absolute atomic E-state index is 7.51. The molecule has 1 unspecified atom stereocenters. The van der Waals surface area contributed by atoms with Gasteiger partial charge in [-0.05, 0) is 13.0 Å². The Kier molecular flexibility index (Phi) is 50.0. The molecule has 0 aliphatic heterocycles. The van der Waals surface area contributed by atoms with Gasteiger partial charge in [-0.3, -0.25) is 0 Å². The molecule has 92 valence electrons. The second-order valence-corrected chi connectivity index (χ2v) is 2.83. The molecule has 0 aromatic carbocycles. The normalized spacial score (nSPS) is 7.07. The van der Waals surface area contributed by atoms with E-state index in [1.807, 2.05) is 0 Å². The number of allylic oxidation sites excluding steroid dienone is 1. The fourth-order valence-corrected chi connectivity index (χ4v) is 0.558. The van der Waals surface area contributed by atoms with Crippen LogP contribution in [0.3, 0.4) is 0 Å². The fraction of sp³-hybridized carbons (Fsp3) is 0.750. The summed E-state index contributed by atoms with van der Waals surface area (Å²) in [4.78, 5) is 0. The molecule has 0 aliphatic rings. The summed E-state index contributed by atoms with van der Waals surface area (Å²) in [5.74, 6) is 0. The van der Waals surface area contributed by atoms with Crippen LogP contribution in [0.4, 0.5) is 0 Å². The van der Waals surface area contributed by atoms with Crippen LogP contribution in [-0.2, 0) is 0 Å². The van der Waals surface area contributed by atoms with Crippen LogP contribution in [-0.4, -0.2) is 7.82 Å². The summed E-state index contributed by atoms with van der Waals surface area (Å²) in [7, 11) is 1.67. The van der Waals surface area contributed by atoms with Crippen molar-refractivity contribution in [1.29, 1.82) is 6.54 Å². The first-order valence-corrected chi connectivity index (χ1v) is 5.45. The molecule has 3 heteroatoms. The van der Waals surface area contributed by atoms with E-state index in [4.69, 9.17) is 12.3 Å². The SMILES string of the molecule is C=CC#N.CCCCC.CCCCN.[3H]P. The molecule has 0 saturated heterocycles. The number of nitrogens with two attached hydrogens (primary N) is 1. The summed E-state index contributed by atoms with van der Waals surface area (Å²) in [6, 6.07) is 1.69. The number of nitrogens with zero attached hydrogens (tertiary/aromatic N) is 1. The molecule has 2 N–H and O–H groups in total. The van der Waals surface area contributed by atoms with Crippen LogP contribution in [0.15, 0.2) is 12.7 Å². The van der Waals surface area contributed by atoms with Crippen molar-refractivity contribution in [2.45, 2.75) is 52.9 Å². The highest BCUT2D eigenvalue weighted by Gasteiger charge is 1.68. The first kappa shape index (κ1) is 20.1. The molecule has 0 spiro atoms. The second kappa shape index (κ2) is 37.4. The molecule has 15 heavy (non-hydrogen) atoms. The van der Waals surface area contributed by atoms with Crippen molar-refractivity contribution >= 4 is 9.84 Å². The highest BCUT2D eigenvalue weighted by Crippen LogP contribution is 1.88. The molecule has 1 atom stereocenters. The quantitative estimate of drug-likeness (QED) is 0.595. The van der Waals surface area contributed by atoms with Crippen LogP contribution in [0.1, 0.15) is 52.9 Å². The van der Waals surface area contributed by atoms with Gasteiger partial charge in [-0.25, -0.2) is 0 Å². The van der Waals surface area contributed by atoms with E-state index in [0.29, 0.717) is 0 Å². The Bertz CT molecular complexity index is 115. The molecular weight excluding hydrogens is 203 g/mol. The average Bonchev–Trinajstić information content (AvgIpc) is 2.35. The molecule has 0 fully saturated rings. The zero-order valence-electron chi connectivity index (χ0n) is 11.6. The number of nitriles is 1. The number of unbranched alkanes of at least 4 members (excludes halogenated alkanes) is 3. The molecule has 0 aromatic rings. The summed E-state index contributed by atoms with van der Waals surface area (Å²) in [5.41, 5.74) is 5.14. The van der Waals surface area contributed by atoms with Crippen molar-refractivity contribution in [3.63, 3.8) is 0 Å². The molecule has 0 radical (unpaired) electrons. The summed E-state index contributed by atoms with van der Waals surface area (Å²) < 4.78 is 5.67. The lowest BCUT2D eigenvalue weighted by Crippen LogP contribution is -1.95. The highest BCUT2D eigenvalue weighted by molar-refractivity contribution is 6.92. The van der Waals surface area contributed by atoms with Gasteiger partial charge in [0.05, 0.1) is 7.35 Å². The zero-order chi connectivity index (χ0) is 13.7. The van der Waals surface area contributed by atoms with Crippen molar-refractivity contribution < 1.29 is 0 Å². The fourth-order valence-electron chi connectivity index (χ4n) is 0.558. The highest BCUT2D eigenvalue weighted by atomic mass is 31.0. The van der Waals surface area contributed by atoms with Gasteiger partial charge in [-0.1, -0.05) is 53.0 Å². The molecule has 2 nitrogen and oxygen atoms in total. The molecular formula is C12H29N2P. The van der Waals surface area contributed by atoms with Crippen LogP contribution in [0.5, 0.6) is 0 Å². The Hall–Kier alpha value is -0.380. The third-order valence-corrected chi connectivity index (χ3v) is 1.36. The van der Waals surface area contributed by atoms with Gasteiger partial charge in [0, 0.05) is 6.08 Å². The standard InChI is InChI=1S/C5H12.C4H11N.C3H3N.H3P/c1-3-5-4-2;1-2-3-4-5;1-2-3-4;/h3-5H2,1-2H3;2-5H2,1H3;2H,1H2;1H3/i;;;1T. The smallest absolute Gasteiger partial charge is 0.0905 e. The Morgan fingerprint density at radius 2 is 1.60 bits per heavy atom. The van der Waals surface area contributed by atoms with Crippen LogP contribution in [0.25, 0.3) is 0 Å². The Balaban J connectivity index is -0.0000000629. The van der Waals surface area contributed by atoms with Crippen molar-refractivity contribution in [2.24, 2.45) is 5.73 Å². The monoisotopic (exact) mass is 234 g/mol. The molecule has 0 aliphatic carbocycles. The second-order valence-electron chi connectivity index (χ2n) is 2.83. The van der Waals surface area contributed by atoms with Gasteiger partial charge >= 0.3 is 0 Å². The van der Waals surface area contributed by atoms with E-state index in [2.05, 4.69) is 27.4 Å². The van der Waals surface area contributed by atoms with Crippen LogP contribution < -0.4 is 5.73 Å². The maximum atomic E-state index is 7.51. The van der Waals surface area contributed by atoms with Crippen molar-refractivity contribution in [3.8, 4) is 6.07 Å². The Morgan fingerprint density at radius 1 is 1.27 bits per heavy atom. The predicted octanol–water partition coefficient (Wildman–Crippen LogP) is 3.70. The summed E-state index contributed by atoms with van der Waals surface area (Å²) in [6.07, 6.45) is 7.64. The Labute approximate surface area is 101 Å². The van der Waals surface area contributed by atoms with Crippen molar-refractivity contribution in [1.82, 2.24) is 0 Å². The van der Waals surface area contributed by atoms with Gasteiger partial charge in [-0.15, -0.1) is 0 Å². The minimum atomic E-state index is 0.844. The van der Waals surface area contributed by atoms with Gasteiger partial charge in [0.15, 0.2) is 0 Å². The van der Waals surface area contributed by atoms with Gasteiger partial charge in [-0.2, -0.15) is 15.1 Å².